The molecule has 0 radical (unpaired) electrons. The zero-order chi connectivity index (χ0) is 40.5. The van der Waals surface area contributed by atoms with E-state index in [1.54, 1.807) is 35.6 Å². The number of rotatable bonds is 13. The van der Waals surface area contributed by atoms with Gasteiger partial charge in [-0.3, -0.25) is 33.5 Å². The Hall–Kier alpha value is -5.49. The van der Waals surface area contributed by atoms with Gasteiger partial charge in [-0.25, -0.2) is 23.1 Å². The van der Waals surface area contributed by atoms with Crippen LogP contribution in [0.4, 0.5) is 20.3 Å². The Morgan fingerprint density at radius 3 is 2.59 bits per heavy atom. The predicted octanol–water partition coefficient (Wildman–Crippen LogP) is 4.63. The Kier molecular flexibility index (Phi) is 11.4. The minimum atomic E-state index is -2.85. The molecule has 3 fully saturated rings. The van der Waals surface area contributed by atoms with Crippen LogP contribution in [-0.2, 0) is 27.8 Å². The maximum Gasteiger partial charge on any atom is 0.329 e. The summed E-state index contributed by atoms with van der Waals surface area (Å²) in [5.41, 5.74) is 2.26. The van der Waals surface area contributed by atoms with Crippen LogP contribution < -0.4 is 21.6 Å². The molecule has 16 nitrogen and oxygen atoms in total. The van der Waals surface area contributed by atoms with Crippen molar-refractivity contribution in [2.75, 3.05) is 43.9 Å². The molecule has 1 aromatic carbocycles. The Labute approximate surface area is 332 Å². The predicted molar refractivity (Wildman–Crippen MR) is 211 cm³/mol. The minimum absolute atomic E-state index is 0.0117. The Balaban J connectivity index is 0.785. The molecule has 4 aromatic heterocycles. The number of carbonyl (C=O) groups excluding carboxylic acids is 3. The highest BCUT2D eigenvalue weighted by Crippen LogP contribution is 2.36. The summed E-state index contributed by atoms with van der Waals surface area (Å²) in [6.07, 6.45) is 9.37. The summed E-state index contributed by atoms with van der Waals surface area (Å²) < 4.78 is 40.7. The van der Waals surface area contributed by atoms with Crippen molar-refractivity contribution in [2.45, 2.75) is 88.8 Å². The molecule has 1 saturated carbocycles. The van der Waals surface area contributed by atoms with Crippen LogP contribution in [0.5, 0.6) is 0 Å². The second-order valence-corrected chi connectivity index (χ2v) is 15.7. The van der Waals surface area contributed by atoms with Crippen molar-refractivity contribution in [3.05, 3.63) is 70.2 Å². The van der Waals surface area contributed by atoms with E-state index in [0.29, 0.717) is 35.9 Å². The number of ether oxygens (including phenoxy) is 1. The maximum atomic E-state index is 14.1. The van der Waals surface area contributed by atoms with Crippen LogP contribution in [0.15, 0.2) is 47.7 Å². The monoisotopic (exact) mass is 801 g/mol. The van der Waals surface area contributed by atoms with Gasteiger partial charge in [-0.2, -0.15) is 10.2 Å². The third-order valence-electron chi connectivity index (χ3n) is 12.0. The molecule has 3 aliphatic rings. The second-order valence-electron chi connectivity index (χ2n) is 15.7. The normalized spacial score (nSPS) is 20.9. The molecule has 308 valence electrons. The number of hydrogen-bond acceptors (Lipinski definition) is 10. The number of alkyl halides is 2. The molecule has 2 saturated heterocycles. The Morgan fingerprint density at radius 2 is 1.84 bits per heavy atom. The lowest BCUT2D eigenvalue weighted by atomic mass is 9.85. The first-order chi connectivity index (χ1) is 28.1. The van der Waals surface area contributed by atoms with Crippen molar-refractivity contribution in [3.8, 4) is 0 Å². The van der Waals surface area contributed by atoms with Gasteiger partial charge in [0.05, 0.1) is 35.1 Å². The number of imidazole rings is 1. The number of benzene rings is 1. The van der Waals surface area contributed by atoms with Crippen LogP contribution >= 0.6 is 0 Å². The van der Waals surface area contributed by atoms with Crippen molar-refractivity contribution in [1.29, 1.82) is 0 Å². The van der Waals surface area contributed by atoms with Crippen LogP contribution in [0.25, 0.3) is 16.7 Å². The van der Waals surface area contributed by atoms with E-state index in [-0.39, 0.29) is 41.4 Å². The van der Waals surface area contributed by atoms with Crippen molar-refractivity contribution in [3.63, 3.8) is 0 Å². The Bertz CT molecular complexity index is 2370. The van der Waals surface area contributed by atoms with Gasteiger partial charge in [0.2, 0.25) is 11.8 Å². The van der Waals surface area contributed by atoms with Crippen molar-refractivity contribution in [2.24, 2.45) is 13.0 Å². The number of nitrogens with one attached hydrogen (secondary N) is 3. The van der Waals surface area contributed by atoms with Gasteiger partial charge in [-0.1, -0.05) is 12.1 Å². The fourth-order valence-electron chi connectivity index (χ4n) is 8.89. The molecule has 0 spiro atoms. The van der Waals surface area contributed by atoms with E-state index >= 15 is 0 Å². The van der Waals surface area contributed by atoms with Gasteiger partial charge >= 0.3 is 5.69 Å². The number of amides is 3. The number of aryl methyl sites for hydroxylation is 2. The topological polar surface area (TPSA) is 175 Å². The fraction of sp³-hybridized carbons (Fsp3) is 0.525. The zero-order valence-electron chi connectivity index (χ0n) is 32.7. The van der Waals surface area contributed by atoms with Gasteiger partial charge in [-0.15, -0.1) is 0 Å². The number of piperidine rings is 2. The molecule has 6 heterocycles. The van der Waals surface area contributed by atoms with Gasteiger partial charge < -0.3 is 20.3 Å². The third kappa shape index (κ3) is 7.99. The highest BCUT2D eigenvalue weighted by atomic mass is 19.3. The number of hydrogen-bond donors (Lipinski definition) is 3. The summed E-state index contributed by atoms with van der Waals surface area (Å²) in [5, 5.41) is 16.3. The third-order valence-corrected chi connectivity index (χ3v) is 12.0. The molecule has 18 heteroatoms. The molecule has 3 N–H and O–H groups in total. The van der Waals surface area contributed by atoms with E-state index < -0.39 is 30.0 Å². The van der Waals surface area contributed by atoms with Gasteiger partial charge in [0.25, 0.3) is 12.3 Å². The lowest BCUT2D eigenvalue weighted by molar-refractivity contribution is -0.135. The van der Waals surface area contributed by atoms with Crippen LogP contribution in [0.2, 0.25) is 0 Å². The number of imide groups is 1. The molecule has 58 heavy (non-hydrogen) atoms. The maximum absolute atomic E-state index is 14.1. The SMILES string of the molecule is CNc1ccn2ncc(C(=O)Nc3cn(C4CCC(CN5CCC(OCCCc6cccc7c6n(C)c(=O)n7C6CCC(=O)NC6=O)CC5)CC4)nc3C(F)F)c2n1. The number of nitrogens with zero attached hydrogens (tertiary/aromatic N) is 8. The summed E-state index contributed by atoms with van der Waals surface area (Å²) in [4.78, 5) is 57.6. The molecular weight excluding hydrogens is 753 g/mol. The first-order valence-corrected chi connectivity index (χ1v) is 20.1. The molecule has 1 unspecified atom stereocenters. The van der Waals surface area contributed by atoms with Gasteiger partial charge in [-0.05, 0) is 81.4 Å². The quantitative estimate of drug-likeness (QED) is 0.113. The average molecular weight is 802 g/mol. The molecule has 1 aliphatic carbocycles. The zero-order valence-corrected chi connectivity index (χ0v) is 32.7. The second kappa shape index (κ2) is 16.8. The van der Waals surface area contributed by atoms with Crippen LogP contribution in [-0.4, -0.2) is 95.5 Å². The van der Waals surface area contributed by atoms with Gasteiger partial charge in [0.15, 0.2) is 11.3 Å². The number of likely N-dealkylation sites (tertiary alicyclic amines) is 1. The largest absolute Gasteiger partial charge is 0.378 e. The van der Waals surface area contributed by atoms with E-state index in [4.69, 9.17) is 4.74 Å². The van der Waals surface area contributed by atoms with Crippen LogP contribution in [0.3, 0.4) is 0 Å². The number of halogens is 2. The minimum Gasteiger partial charge on any atom is -0.378 e. The molecule has 8 rings (SSSR count). The molecule has 5 aromatic rings. The van der Waals surface area contributed by atoms with Gasteiger partial charge in [0.1, 0.15) is 17.4 Å². The lowest BCUT2D eigenvalue weighted by Gasteiger charge is -2.36. The highest BCUT2D eigenvalue weighted by Gasteiger charge is 2.32. The van der Waals surface area contributed by atoms with Crippen molar-refractivity contribution in [1.82, 2.24) is 43.7 Å². The summed E-state index contributed by atoms with van der Waals surface area (Å²) in [5.74, 6) is -0.286. The van der Waals surface area contributed by atoms with Crippen LogP contribution in [0.1, 0.15) is 97.9 Å². The average Bonchev–Trinajstić information content (AvgIpc) is 3.92. The van der Waals surface area contributed by atoms with E-state index in [1.807, 2.05) is 18.2 Å². The number of carbonyl (C=O) groups is 3. The number of fused-ring (bicyclic) bond motifs is 2. The number of anilines is 2. The Morgan fingerprint density at radius 1 is 1.05 bits per heavy atom. The standard InChI is InChI=1S/C40H49F2N11O5/c1-43-32-16-19-51-37(46-32)28(21-44-51)38(55)45-29-23-52(48-34(29)36(41)42)26-10-8-24(9-11-26)22-50-17-14-27(15-18-50)58-20-4-6-25-5-3-7-30-35(25)49(2)40(57)53(30)31-12-13-33(54)47-39(31)56/h3,5,7,16,19,21,23-24,26-27,31,36H,4,6,8-15,17-18,20,22H2,1-2H3,(H,43,46)(H,45,55)(H,47,54,56). The molecule has 3 amide bonds. The smallest absolute Gasteiger partial charge is 0.329 e. The van der Waals surface area contributed by atoms with E-state index in [1.165, 1.54) is 21.5 Å². The van der Waals surface area contributed by atoms with Crippen molar-refractivity contribution >= 4 is 45.9 Å². The lowest BCUT2D eigenvalue weighted by Crippen LogP contribution is -2.44. The van der Waals surface area contributed by atoms with Gasteiger partial charge in [0, 0.05) is 59.2 Å². The summed E-state index contributed by atoms with van der Waals surface area (Å²) in [6, 6.07) is 6.75. The molecule has 2 aliphatic heterocycles. The molecular formula is C40H49F2N11O5. The van der Waals surface area contributed by atoms with Crippen molar-refractivity contribution < 1.29 is 27.9 Å². The first kappa shape index (κ1) is 39.3. The fourth-order valence-corrected chi connectivity index (χ4v) is 8.89. The van der Waals surface area contributed by atoms with Crippen LogP contribution in [0, 0.1) is 5.92 Å². The molecule has 1 atom stereocenters. The summed E-state index contributed by atoms with van der Waals surface area (Å²) >= 11 is 0. The van der Waals surface area contributed by atoms with E-state index in [9.17, 15) is 28.0 Å². The summed E-state index contributed by atoms with van der Waals surface area (Å²) in [7, 11) is 3.43. The molecule has 0 bridgehead atoms. The van der Waals surface area contributed by atoms with E-state index in [2.05, 4.69) is 36.0 Å². The van der Waals surface area contributed by atoms with E-state index in [0.717, 1.165) is 82.1 Å². The number of aromatic nitrogens is 7. The summed E-state index contributed by atoms with van der Waals surface area (Å²) in [6.45, 7) is 3.51. The number of para-hydroxylation sites is 1. The first-order valence-electron chi connectivity index (χ1n) is 20.1. The highest BCUT2D eigenvalue weighted by molar-refractivity contribution is 6.08.